The summed E-state index contributed by atoms with van der Waals surface area (Å²) in [5.41, 5.74) is 1.68. The summed E-state index contributed by atoms with van der Waals surface area (Å²) in [5, 5.41) is 22.5. The molecule has 1 amide bonds. The Morgan fingerprint density at radius 3 is 2.64 bits per heavy atom. The molecule has 1 saturated carbocycles. The third-order valence-corrected chi connectivity index (χ3v) is 6.88. The van der Waals surface area contributed by atoms with Crippen molar-refractivity contribution >= 4 is 28.2 Å². The van der Waals surface area contributed by atoms with E-state index in [1.165, 1.54) is 16.2 Å². The summed E-state index contributed by atoms with van der Waals surface area (Å²) in [5.74, 6) is -1.60. The highest BCUT2D eigenvalue weighted by atomic mass is 32.1. The number of rotatable bonds is 4. The second-order valence-electron chi connectivity index (χ2n) is 7.16. The summed E-state index contributed by atoms with van der Waals surface area (Å²) in [4.78, 5) is 25.4. The third kappa shape index (κ3) is 3.57. The van der Waals surface area contributed by atoms with Gasteiger partial charge >= 0.3 is 5.97 Å². The summed E-state index contributed by atoms with van der Waals surface area (Å²) in [6, 6.07) is 2.26. The highest BCUT2D eigenvalue weighted by Crippen LogP contribution is 2.41. The standard InChI is InChI=1S/C19H24N2O3S/c1-2-11-7-8-12-15(10-20)18(25-16(12)9-11)21-17(22)13-5-3-4-6-14(13)19(23)24/h11,13-14H,2-9H2,1H3,(H,21,22)(H,23,24)/t11-,13-,14-/m0/s1. The molecule has 0 bridgehead atoms. The molecule has 3 atom stereocenters. The number of hydrogen-bond donors (Lipinski definition) is 2. The highest BCUT2D eigenvalue weighted by Gasteiger charge is 2.36. The fourth-order valence-corrected chi connectivity index (χ4v) is 5.47. The molecule has 2 N–H and O–H groups in total. The van der Waals surface area contributed by atoms with E-state index in [9.17, 15) is 20.0 Å². The van der Waals surface area contributed by atoms with Crippen LogP contribution in [0.25, 0.3) is 0 Å². The molecular weight excluding hydrogens is 336 g/mol. The number of anilines is 1. The maximum Gasteiger partial charge on any atom is 0.307 e. The summed E-state index contributed by atoms with van der Waals surface area (Å²) >= 11 is 1.51. The van der Waals surface area contributed by atoms with Gasteiger partial charge in [0.1, 0.15) is 11.1 Å². The normalized spacial score (nSPS) is 25.7. The van der Waals surface area contributed by atoms with Gasteiger partial charge in [0.05, 0.1) is 17.4 Å². The molecule has 5 nitrogen and oxygen atoms in total. The molecule has 0 aromatic carbocycles. The van der Waals surface area contributed by atoms with Gasteiger partial charge < -0.3 is 10.4 Å². The van der Waals surface area contributed by atoms with Crippen LogP contribution in [0.2, 0.25) is 0 Å². The number of nitriles is 1. The van der Waals surface area contributed by atoms with E-state index < -0.39 is 17.8 Å². The maximum atomic E-state index is 12.7. The number of nitrogens with zero attached hydrogens (tertiary/aromatic N) is 1. The zero-order valence-electron chi connectivity index (χ0n) is 14.5. The van der Waals surface area contributed by atoms with E-state index in [2.05, 4.69) is 18.3 Å². The fourth-order valence-electron chi connectivity index (χ4n) is 4.15. The lowest BCUT2D eigenvalue weighted by atomic mass is 9.78. The Morgan fingerprint density at radius 2 is 2.00 bits per heavy atom. The number of fused-ring (bicyclic) bond motifs is 1. The second kappa shape index (κ2) is 7.57. The van der Waals surface area contributed by atoms with Crippen LogP contribution in [-0.2, 0) is 22.4 Å². The monoisotopic (exact) mass is 360 g/mol. The number of hydrogen-bond acceptors (Lipinski definition) is 4. The Hall–Kier alpha value is -1.87. The molecule has 0 radical (unpaired) electrons. The number of carboxylic acids is 1. The minimum atomic E-state index is -0.892. The Kier molecular flexibility index (Phi) is 5.43. The Balaban J connectivity index is 1.81. The third-order valence-electron chi connectivity index (χ3n) is 5.71. The van der Waals surface area contributed by atoms with Gasteiger partial charge in [-0.25, -0.2) is 0 Å². The number of carbonyl (C=O) groups excluding carboxylic acids is 1. The van der Waals surface area contributed by atoms with Gasteiger partial charge in [0.2, 0.25) is 5.91 Å². The topological polar surface area (TPSA) is 90.2 Å². The number of aliphatic carboxylic acids is 1. The van der Waals surface area contributed by atoms with Gasteiger partial charge in [-0.3, -0.25) is 9.59 Å². The van der Waals surface area contributed by atoms with Crippen LogP contribution in [0.15, 0.2) is 0 Å². The zero-order valence-corrected chi connectivity index (χ0v) is 15.3. The minimum Gasteiger partial charge on any atom is -0.481 e. The van der Waals surface area contributed by atoms with Gasteiger partial charge in [-0.05, 0) is 43.6 Å². The van der Waals surface area contributed by atoms with Gasteiger partial charge in [-0.1, -0.05) is 26.2 Å². The molecule has 0 saturated heterocycles. The van der Waals surface area contributed by atoms with Gasteiger partial charge in [-0.2, -0.15) is 5.26 Å². The van der Waals surface area contributed by atoms with E-state index in [0.29, 0.717) is 29.3 Å². The van der Waals surface area contributed by atoms with Crippen molar-refractivity contribution in [1.29, 1.82) is 5.26 Å². The van der Waals surface area contributed by atoms with Crippen LogP contribution in [0, 0.1) is 29.1 Å². The van der Waals surface area contributed by atoms with Crippen molar-refractivity contribution in [1.82, 2.24) is 0 Å². The molecule has 6 heteroatoms. The van der Waals surface area contributed by atoms with E-state index >= 15 is 0 Å². The largest absolute Gasteiger partial charge is 0.481 e. The van der Waals surface area contributed by atoms with Crippen LogP contribution in [0.4, 0.5) is 5.00 Å². The van der Waals surface area contributed by atoms with E-state index in [-0.39, 0.29) is 5.91 Å². The summed E-state index contributed by atoms with van der Waals surface area (Å²) in [7, 11) is 0. The lowest BCUT2D eigenvalue weighted by Gasteiger charge is -2.27. The van der Waals surface area contributed by atoms with Crippen molar-refractivity contribution in [2.75, 3.05) is 5.32 Å². The summed E-state index contributed by atoms with van der Waals surface area (Å²) in [6.07, 6.45) is 6.98. The lowest BCUT2D eigenvalue weighted by Crippen LogP contribution is -2.36. The molecule has 25 heavy (non-hydrogen) atoms. The van der Waals surface area contributed by atoms with Gasteiger partial charge in [-0.15, -0.1) is 11.3 Å². The molecule has 1 aromatic rings. The molecule has 0 aliphatic heterocycles. The molecule has 1 aromatic heterocycles. The Bertz CT molecular complexity index is 719. The van der Waals surface area contributed by atoms with Crippen molar-refractivity contribution < 1.29 is 14.7 Å². The molecule has 1 heterocycles. The smallest absolute Gasteiger partial charge is 0.307 e. The van der Waals surface area contributed by atoms with Crippen molar-refractivity contribution in [3.63, 3.8) is 0 Å². The number of thiophene rings is 1. The van der Waals surface area contributed by atoms with Crippen molar-refractivity contribution in [3.05, 3.63) is 16.0 Å². The number of carboxylic acid groups (broad SMARTS) is 1. The first kappa shape index (κ1) is 17.9. The van der Waals surface area contributed by atoms with Gasteiger partial charge in [0, 0.05) is 4.88 Å². The van der Waals surface area contributed by atoms with Gasteiger partial charge in [0.15, 0.2) is 0 Å². The molecule has 134 valence electrons. The van der Waals surface area contributed by atoms with Crippen LogP contribution in [0.5, 0.6) is 0 Å². The van der Waals surface area contributed by atoms with Crippen molar-refractivity contribution in [3.8, 4) is 6.07 Å². The van der Waals surface area contributed by atoms with Gasteiger partial charge in [0.25, 0.3) is 0 Å². The van der Waals surface area contributed by atoms with E-state index in [4.69, 9.17) is 0 Å². The second-order valence-corrected chi connectivity index (χ2v) is 8.27. The molecule has 0 unspecified atom stereocenters. The predicted molar refractivity (Wildman–Crippen MR) is 96.6 cm³/mol. The number of nitrogens with one attached hydrogen (secondary N) is 1. The van der Waals surface area contributed by atoms with Crippen LogP contribution in [-0.4, -0.2) is 17.0 Å². The van der Waals surface area contributed by atoms with Crippen LogP contribution in [0.1, 0.15) is 61.5 Å². The highest BCUT2D eigenvalue weighted by molar-refractivity contribution is 7.16. The molecule has 0 spiro atoms. The van der Waals surface area contributed by atoms with Crippen LogP contribution >= 0.6 is 11.3 Å². The summed E-state index contributed by atoms with van der Waals surface area (Å²) in [6.45, 7) is 2.19. The van der Waals surface area contributed by atoms with Crippen molar-refractivity contribution in [2.45, 2.75) is 58.3 Å². The van der Waals surface area contributed by atoms with E-state index in [0.717, 1.165) is 44.1 Å². The Morgan fingerprint density at radius 1 is 1.28 bits per heavy atom. The van der Waals surface area contributed by atoms with E-state index in [1.54, 1.807) is 0 Å². The minimum absolute atomic E-state index is 0.241. The van der Waals surface area contributed by atoms with Crippen LogP contribution < -0.4 is 5.32 Å². The molecule has 2 aliphatic carbocycles. The molecular formula is C19H24N2O3S. The first-order valence-corrected chi connectivity index (χ1v) is 9.95. The SMILES string of the molecule is CC[C@H]1CCc2c(sc(NC(=O)[C@H]3CCCC[C@@H]3C(=O)O)c2C#N)C1. The number of amides is 1. The average Bonchev–Trinajstić information content (AvgIpc) is 2.97. The zero-order chi connectivity index (χ0) is 18.0. The Labute approximate surface area is 152 Å². The molecule has 1 fully saturated rings. The first-order chi connectivity index (χ1) is 12.0. The quantitative estimate of drug-likeness (QED) is 0.850. The van der Waals surface area contributed by atoms with Crippen LogP contribution in [0.3, 0.4) is 0 Å². The first-order valence-electron chi connectivity index (χ1n) is 9.13. The lowest BCUT2D eigenvalue weighted by molar-refractivity contribution is -0.147. The average molecular weight is 360 g/mol. The number of carbonyl (C=O) groups is 2. The maximum absolute atomic E-state index is 12.7. The fraction of sp³-hybridized carbons (Fsp3) is 0.632. The summed E-state index contributed by atoms with van der Waals surface area (Å²) < 4.78 is 0. The van der Waals surface area contributed by atoms with E-state index in [1.807, 2.05) is 0 Å². The molecule has 2 aliphatic rings. The molecule has 3 rings (SSSR count). The predicted octanol–water partition coefficient (Wildman–Crippen LogP) is 3.96. The van der Waals surface area contributed by atoms with Crippen molar-refractivity contribution in [2.24, 2.45) is 17.8 Å².